The van der Waals surface area contributed by atoms with E-state index < -0.39 is 28.1 Å². The van der Waals surface area contributed by atoms with Crippen molar-refractivity contribution in [3.8, 4) is 5.75 Å². The number of carbonyl (C=O) groups excluding carboxylic acids is 2. The Hall–Kier alpha value is -3.81. The fourth-order valence-electron chi connectivity index (χ4n) is 4.29. The largest absolute Gasteiger partial charge is 0.486 e. The van der Waals surface area contributed by atoms with Gasteiger partial charge in [0.1, 0.15) is 6.10 Å². The Morgan fingerprint density at radius 2 is 2.00 bits per heavy atom. The van der Waals surface area contributed by atoms with Crippen molar-refractivity contribution in [1.29, 1.82) is 0 Å². The second-order valence-electron chi connectivity index (χ2n) is 9.66. The summed E-state index contributed by atoms with van der Waals surface area (Å²) in [6.45, 7) is 3.48. The summed E-state index contributed by atoms with van der Waals surface area (Å²) in [6, 6.07) is 7.43. The third kappa shape index (κ3) is 5.95. The van der Waals surface area contributed by atoms with Crippen molar-refractivity contribution in [2.45, 2.75) is 31.0 Å². The normalized spacial score (nSPS) is 18.6. The minimum Gasteiger partial charge on any atom is -0.486 e. The van der Waals surface area contributed by atoms with Gasteiger partial charge in [0.2, 0.25) is 0 Å². The van der Waals surface area contributed by atoms with E-state index in [0.29, 0.717) is 5.56 Å². The number of benzene rings is 1. The van der Waals surface area contributed by atoms with Crippen LogP contribution >= 0.6 is 0 Å². The minimum absolute atomic E-state index is 0.0539. The molecule has 13 heteroatoms. The molecule has 0 fully saturated rings. The molecule has 0 bridgehead atoms. The predicted octanol–water partition coefficient (Wildman–Crippen LogP) is 1.61. The highest BCUT2D eigenvalue weighted by atomic mass is 32.2. The average molecular weight is 557 g/mol. The summed E-state index contributed by atoms with van der Waals surface area (Å²) in [5.41, 5.74) is 0.810. The van der Waals surface area contributed by atoms with Crippen molar-refractivity contribution in [3.05, 3.63) is 66.4 Å². The molecule has 0 saturated heterocycles. The first-order valence-electron chi connectivity index (χ1n) is 12.4. The molecular formula is C26H32N6O6S. The van der Waals surface area contributed by atoms with E-state index in [9.17, 15) is 23.1 Å². The number of nitrogens with one attached hydrogen (secondary N) is 1. The number of aryl methyl sites for hydroxylation is 1. The SMILES string of the molecule is C[C@@H]1CN([C@@H](C)CO)C(=O)c2cccc(NC(=O)c3ccncc3)c2O[C@@H]1CN(C)S(=O)(=O)c1cn(C)cn1. The fraction of sp³-hybridized carbons (Fsp3) is 0.385. The number of para-hydroxylation sites is 1. The number of aliphatic hydroxyl groups excluding tert-OH is 1. The molecule has 4 rings (SSSR count). The quantitative estimate of drug-likeness (QED) is 0.425. The third-order valence-corrected chi connectivity index (χ3v) is 8.38. The second-order valence-corrected chi connectivity index (χ2v) is 11.6. The fourth-order valence-corrected chi connectivity index (χ4v) is 5.43. The van der Waals surface area contributed by atoms with Gasteiger partial charge in [0, 0.05) is 50.7 Å². The first-order valence-corrected chi connectivity index (χ1v) is 13.8. The Kier molecular flexibility index (Phi) is 8.33. The Morgan fingerprint density at radius 1 is 1.28 bits per heavy atom. The maximum absolute atomic E-state index is 13.6. The van der Waals surface area contributed by atoms with Crippen LogP contribution in [0.2, 0.25) is 0 Å². The van der Waals surface area contributed by atoms with Crippen molar-refractivity contribution >= 4 is 27.5 Å². The van der Waals surface area contributed by atoms with E-state index in [4.69, 9.17) is 4.74 Å². The molecule has 39 heavy (non-hydrogen) atoms. The van der Waals surface area contributed by atoms with Gasteiger partial charge in [-0.25, -0.2) is 13.4 Å². The zero-order valence-corrected chi connectivity index (χ0v) is 23.0. The Balaban J connectivity index is 1.73. The number of aromatic nitrogens is 3. The Bertz CT molecular complexity index is 1440. The molecule has 0 unspecified atom stereocenters. The summed E-state index contributed by atoms with van der Waals surface area (Å²) in [7, 11) is -0.805. The number of hydrogen-bond donors (Lipinski definition) is 2. The number of sulfonamides is 1. The smallest absolute Gasteiger partial charge is 0.261 e. The van der Waals surface area contributed by atoms with Crippen LogP contribution in [-0.2, 0) is 17.1 Å². The molecular weight excluding hydrogens is 524 g/mol. The van der Waals surface area contributed by atoms with Crippen LogP contribution < -0.4 is 10.1 Å². The van der Waals surface area contributed by atoms with Gasteiger partial charge in [-0.3, -0.25) is 14.6 Å². The Morgan fingerprint density at radius 3 is 2.64 bits per heavy atom. The van der Waals surface area contributed by atoms with Crippen LogP contribution in [0.1, 0.15) is 34.6 Å². The summed E-state index contributed by atoms with van der Waals surface area (Å²) in [5.74, 6) is -1.02. The van der Waals surface area contributed by atoms with Crippen LogP contribution in [0.25, 0.3) is 0 Å². The molecule has 12 nitrogen and oxygen atoms in total. The maximum Gasteiger partial charge on any atom is 0.261 e. The van der Waals surface area contributed by atoms with Gasteiger partial charge >= 0.3 is 0 Å². The molecule has 1 aliphatic rings. The lowest BCUT2D eigenvalue weighted by atomic mass is 9.99. The number of anilines is 1. The highest BCUT2D eigenvalue weighted by Crippen LogP contribution is 2.35. The zero-order valence-electron chi connectivity index (χ0n) is 22.2. The van der Waals surface area contributed by atoms with Crippen molar-refractivity contribution in [1.82, 2.24) is 23.7 Å². The first kappa shape index (κ1) is 28.2. The lowest BCUT2D eigenvalue weighted by Gasteiger charge is -2.38. The molecule has 208 valence electrons. The van der Waals surface area contributed by atoms with E-state index in [1.54, 1.807) is 53.8 Å². The second kappa shape index (κ2) is 11.5. The van der Waals surface area contributed by atoms with Crippen molar-refractivity contribution in [3.63, 3.8) is 0 Å². The molecule has 2 amide bonds. The van der Waals surface area contributed by atoms with Crippen LogP contribution in [0, 0.1) is 5.92 Å². The molecule has 2 N–H and O–H groups in total. The van der Waals surface area contributed by atoms with E-state index >= 15 is 0 Å². The van der Waals surface area contributed by atoms with E-state index in [1.807, 2.05) is 6.92 Å². The lowest BCUT2D eigenvalue weighted by Crippen LogP contribution is -2.50. The summed E-state index contributed by atoms with van der Waals surface area (Å²) >= 11 is 0. The van der Waals surface area contributed by atoms with Gasteiger partial charge in [-0.15, -0.1) is 0 Å². The molecule has 1 aliphatic heterocycles. The van der Waals surface area contributed by atoms with Crippen molar-refractivity contribution < 1.29 is 27.9 Å². The van der Waals surface area contributed by atoms with Crippen molar-refractivity contribution in [2.75, 3.05) is 32.1 Å². The monoisotopic (exact) mass is 556 g/mol. The molecule has 0 saturated carbocycles. The number of imidazole rings is 1. The van der Waals surface area contributed by atoms with Crippen LogP contribution in [-0.4, -0.2) is 88.0 Å². The van der Waals surface area contributed by atoms with Gasteiger partial charge in [0.15, 0.2) is 10.8 Å². The first-order chi connectivity index (χ1) is 18.5. The van der Waals surface area contributed by atoms with Crippen LogP contribution in [0.15, 0.2) is 60.3 Å². The Labute approximate surface area is 227 Å². The molecule has 3 atom stereocenters. The summed E-state index contributed by atoms with van der Waals surface area (Å²) in [5, 5.41) is 12.6. The number of likely N-dealkylation sites (N-methyl/N-ethyl adjacent to an activating group) is 1. The number of ether oxygens (including phenoxy) is 1. The third-order valence-electron chi connectivity index (χ3n) is 6.67. The minimum atomic E-state index is -3.92. The number of amides is 2. The topological polar surface area (TPSA) is 147 Å². The number of nitrogens with zero attached hydrogens (tertiary/aromatic N) is 5. The molecule has 0 spiro atoms. The molecule has 3 aromatic rings. The van der Waals surface area contributed by atoms with Crippen LogP contribution in [0.3, 0.4) is 0 Å². The zero-order chi connectivity index (χ0) is 28.3. The summed E-state index contributed by atoms with van der Waals surface area (Å²) in [4.78, 5) is 36.0. The number of fused-ring (bicyclic) bond motifs is 1. The molecule has 1 aromatic carbocycles. The predicted molar refractivity (Wildman–Crippen MR) is 143 cm³/mol. The van der Waals surface area contributed by atoms with Gasteiger partial charge in [-0.1, -0.05) is 13.0 Å². The average Bonchev–Trinajstić information content (AvgIpc) is 3.38. The molecule has 0 aliphatic carbocycles. The number of hydrogen-bond acceptors (Lipinski definition) is 8. The standard InChI is InChI=1S/C26H32N6O6S/c1-17-12-32(18(2)15-33)26(35)20-6-5-7-21(29-25(34)19-8-10-27-11-9-19)24(20)38-22(17)13-31(4)39(36,37)23-14-30(3)16-28-23/h5-11,14,16-18,22,33H,12-13,15H2,1-4H3,(H,29,34)/t17-,18+,22-/m1/s1. The van der Waals surface area contributed by atoms with E-state index in [2.05, 4.69) is 15.3 Å². The van der Waals surface area contributed by atoms with Gasteiger partial charge in [-0.05, 0) is 31.2 Å². The van der Waals surface area contributed by atoms with E-state index in [0.717, 1.165) is 4.31 Å². The maximum atomic E-state index is 13.6. The van der Waals surface area contributed by atoms with Crippen molar-refractivity contribution in [2.24, 2.45) is 13.0 Å². The number of aliphatic hydroxyl groups is 1. The number of rotatable bonds is 8. The molecule has 3 heterocycles. The number of pyridine rings is 1. The lowest BCUT2D eigenvalue weighted by molar-refractivity contribution is 0.0388. The van der Waals surface area contributed by atoms with Gasteiger partial charge in [0.05, 0.1) is 36.8 Å². The van der Waals surface area contributed by atoms with E-state index in [1.165, 1.54) is 32.0 Å². The molecule has 0 radical (unpaired) electrons. The summed E-state index contributed by atoms with van der Waals surface area (Å²) in [6.07, 6.45) is 5.10. The van der Waals surface area contributed by atoms with Gasteiger partial charge in [-0.2, -0.15) is 4.31 Å². The highest BCUT2D eigenvalue weighted by molar-refractivity contribution is 7.89. The number of carbonyl (C=O) groups is 2. The van der Waals surface area contributed by atoms with Gasteiger partial charge < -0.3 is 24.6 Å². The van der Waals surface area contributed by atoms with Crippen LogP contribution in [0.4, 0.5) is 5.69 Å². The highest BCUT2D eigenvalue weighted by Gasteiger charge is 2.36. The van der Waals surface area contributed by atoms with Gasteiger partial charge in [0.25, 0.3) is 21.8 Å². The summed E-state index contributed by atoms with van der Waals surface area (Å²) < 4.78 is 35.5. The van der Waals surface area contributed by atoms with Crippen LogP contribution in [0.5, 0.6) is 5.75 Å². The van der Waals surface area contributed by atoms with E-state index in [-0.39, 0.29) is 53.5 Å². The molecule has 2 aromatic heterocycles.